The van der Waals surface area contributed by atoms with Crippen molar-refractivity contribution in [2.75, 3.05) is 12.4 Å². The van der Waals surface area contributed by atoms with E-state index in [4.69, 9.17) is 4.74 Å². The molecule has 0 unspecified atom stereocenters. The summed E-state index contributed by atoms with van der Waals surface area (Å²) in [7, 11) is 3.55. The highest BCUT2D eigenvalue weighted by Gasteiger charge is 2.09. The predicted octanol–water partition coefficient (Wildman–Crippen LogP) is 3.14. The van der Waals surface area contributed by atoms with E-state index in [0.29, 0.717) is 11.3 Å². The molecule has 0 atom stereocenters. The van der Waals surface area contributed by atoms with Crippen LogP contribution in [0.5, 0.6) is 5.75 Å². The van der Waals surface area contributed by atoms with Crippen molar-refractivity contribution in [3.8, 4) is 5.75 Å². The maximum Gasteiger partial charge on any atom is 0.255 e. The van der Waals surface area contributed by atoms with Crippen LogP contribution in [0.1, 0.15) is 16.2 Å². The number of fused-ring (bicyclic) bond motifs is 1. The Hall–Kier alpha value is -2.82. The second-order valence-corrected chi connectivity index (χ2v) is 5.11. The molecule has 3 aromatic rings. The summed E-state index contributed by atoms with van der Waals surface area (Å²) in [4.78, 5) is 16.8. The second-order valence-electron chi connectivity index (χ2n) is 5.11. The standard InChI is InChI=1S/C17H17N3O2/c1-11-18-15-10-13(7-8-16(15)20(11)2)19-17(21)12-5-4-6-14(9-12)22-3/h4-10H,1-3H3,(H,19,21). The van der Waals surface area contributed by atoms with Crippen molar-refractivity contribution in [3.63, 3.8) is 0 Å². The maximum absolute atomic E-state index is 12.3. The third kappa shape index (κ3) is 2.53. The Labute approximate surface area is 128 Å². The number of carbonyl (C=O) groups excluding carboxylic acids is 1. The van der Waals surface area contributed by atoms with E-state index in [-0.39, 0.29) is 5.91 Å². The van der Waals surface area contributed by atoms with Gasteiger partial charge in [0.25, 0.3) is 5.91 Å². The van der Waals surface area contributed by atoms with Crippen LogP contribution in [0.2, 0.25) is 0 Å². The third-order valence-corrected chi connectivity index (χ3v) is 3.69. The SMILES string of the molecule is COc1cccc(C(=O)Nc2ccc3c(c2)nc(C)n3C)c1. The molecule has 0 aliphatic heterocycles. The van der Waals surface area contributed by atoms with E-state index in [9.17, 15) is 4.79 Å². The summed E-state index contributed by atoms with van der Waals surface area (Å²) in [5.74, 6) is 1.42. The van der Waals surface area contributed by atoms with Gasteiger partial charge in [0.2, 0.25) is 0 Å². The number of methoxy groups -OCH3 is 1. The van der Waals surface area contributed by atoms with Crippen molar-refractivity contribution >= 4 is 22.6 Å². The minimum absolute atomic E-state index is 0.175. The Balaban J connectivity index is 1.87. The van der Waals surface area contributed by atoms with Gasteiger partial charge in [-0.3, -0.25) is 4.79 Å². The molecule has 1 N–H and O–H groups in total. The highest BCUT2D eigenvalue weighted by Crippen LogP contribution is 2.20. The minimum atomic E-state index is -0.175. The zero-order valence-electron chi connectivity index (χ0n) is 12.8. The molecule has 0 aliphatic rings. The van der Waals surface area contributed by atoms with E-state index >= 15 is 0 Å². The molecule has 2 aromatic carbocycles. The van der Waals surface area contributed by atoms with Crippen molar-refractivity contribution in [2.24, 2.45) is 7.05 Å². The summed E-state index contributed by atoms with van der Waals surface area (Å²) >= 11 is 0. The molecule has 1 heterocycles. The summed E-state index contributed by atoms with van der Waals surface area (Å²) in [6.45, 7) is 1.95. The number of ether oxygens (including phenoxy) is 1. The number of imidazole rings is 1. The van der Waals surface area contributed by atoms with Crippen molar-refractivity contribution in [2.45, 2.75) is 6.92 Å². The molecule has 0 saturated heterocycles. The van der Waals surface area contributed by atoms with Gasteiger partial charge in [-0.1, -0.05) is 6.07 Å². The fourth-order valence-corrected chi connectivity index (χ4v) is 2.37. The molecule has 0 fully saturated rings. The summed E-state index contributed by atoms with van der Waals surface area (Å²) in [5.41, 5.74) is 3.18. The first kappa shape index (κ1) is 14.1. The maximum atomic E-state index is 12.3. The molecule has 0 spiro atoms. The molecule has 0 radical (unpaired) electrons. The molecule has 0 aliphatic carbocycles. The van der Waals surface area contributed by atoms with Gasteiger partial charge in [0, 0.05) is 18.3 Å². The predicted molar refractivity (Wildman–Crippen MR) is 86.4 cm³/mol. The fourth-order valence-electron chi connectivity index (χ4n) is 2.37. The number of carbonyl (C=O) groups is 1. The van der Waals surface area contributed by atoms with Gasteiger partial charge in [0.15, 0.2) is 0 Å². The van der Waals surface area contributed by atoms with Gasteiger partial charge in [-0.25, -0.2) is 4.98 Å². The van der Waals surface area contributed by atoms with E-state index in [1.54, 1.807) is 31.4 Å². The zero-order valence-corrected chi connectivity index (χ0v) is 12.8. The lowest BCUT2D eigenvalue weighted by Gasteiger charge is -2.07. The number of aromatic nitrogens is 2. The molecule has 5 heteroatoms. The number of anilines is 1. The van der Waals surface area contributed by atoms with E-state index in [1.165, 1.54) is 0 Å². The average molecular weight is 295 g/mol. The first-order valence-electron chi connectivity index (χ1n) is 6.97. The first-order valence-corrected chi connectivity index (χ1v) is 6.97. The summed E-state index contributed by atoms with van der Waals surface area (Å²) < 4.78 is 7.15. The monoisotopic (exact) mass is 295 g/mol. The Morgan fingerprint density at radius 3 is 2.82 bits per heavy atom. The third-order valence-electron chi connectivity index (χ3n) is 3.69. The number of amides is 1. The van der Waals surface area contributed by atoms with Crippen LogP contribution in [0.15, 0.2) is 42.5 Å². The number of rotatable bonds is 3. The van der Waals surface area contributed by atoms with Crippen LogP contribution in [0, 0.1) is 6.92 Å². The molecule has 1 aromatic heterocycles. The Morgan fingerprint density at radius 2 is 2.05 bits per heavy atom. The van der Waals surface area contributed by atoms with Crippen LogP contribution in [0.25, 0.3) is 11.0 Å². The van der Waals surface area contributed by atoms with Crippen LogP contribution in [0.4, 0.5) is 5.69 Å². The van der Waals surface area contributed by atoms with Gasteiger partial charge in [-0.05, 0) is 43.3 Å². The van der Waals surface area contributed by atoms with Crippen molar-refractivity contribution < 1.29 is 9.53 Å². The van der Waals surface area contributed by atoms with Crippen LogP contribution in [-0.4, -0.2) is 22.6 Å². The summed E-state index contributed by atoms with van der Waals surface area (Å²) in [6, 6.07) is 12.8. The molecular weight excluding hydrogens is 278 g/mol. The zero-order chi connectivity index (χ0) is 15.7. The first-order chi connectivity index (χ1) is 10.6. The number of nitrogens with zero attached hydrogens (tertiary/aromatic N) is 2. The minimum Gasteiger partial charge on any atom is -0.497 e. The van der Waals surface area contributed by atoms with Gasteiger partial charge < -0.3 is 14.6 Å². The lowest BCUT2D eigenvalue weighted by atomic mass is 10.2. The van der Waals surface area contributed by atoms with E-state index in [2.05, 4.69) is 10.3 Å². The molecule has 22 heavy (non-hydrogen) atoms. The Morgan fingerprint density at radius 1 is 1.23 bits per heavy atom. The number of hydrogen-bond donors (Lipinski definition) is 1. The van der Waals surface area contributed by atoms with Gasteiger partial charge in [0.1, 0.15) is 11.6 Å². The smallest absolute Gasteiger partial charge is 0.255 e. The quantitative estimate of drug-likeness (QED) is 0.807. The highest BCUT2D eigenvalue weighted by atomic mass is 16.5. The van der Waals surface area contributed by atoms with Crippen molar-refractivity contribution in [3.05, 3.63) is 53.9 Å². The molecule has 3 rings (SSSR count). The summed E-state index contributed by atoms with van der Waals surface area (Å²) in [5, 5.41) is 2.89. The highest BCUT2D eigenvalue weighted by molar-refractivity contribution is 6.05. The lowest BCUT2D eigenvalue weighted by molar-refractivity contribution is 0.102. The average Bonchev–Trinajstić information content (AvgIpc) is 2.81. The van der Waals surface area contributed by atoms with Gasteiger partial charge in [0.05, 0.1) is 18.1 Å². The van der Waals surface area contributed by atoms with Crippen LogP contribution in [-0.2, 0) is 7.05 Å². The van der Waals surface area contributed by atoms with E-state index in [0.717, 1.165) is 22.5 Å². The molecule has 5 nitrogen and oxygen atoms in total. The van der Waals surface area contributed by atoms with Gasteiger partial charge >= 0.3 is 0 Å². The second kappa shape index (κ2) is 5.52. The van der Waals surface area contributed by atoms with Gasteiger partial charge in [-0.15, -0.1) is 0 Å². The number of hydrogen-bond acceptors (Lipinski definition) is 3. The largest absolute Gasteiger partial charge is 0.497 e. The van der Waals surface area contributed by atoms with Crippen molar-refractivity contribution in [1.29, 1.82) is 0 Å². The molecule has 0 bridgehead atoms. The fraction of sp³-hybridized carbons (Fsp3) is 0.176. The normalized spacial score (nSPS) is 10.7. The molecule has 112 valence electrons. The number of aryl methyl sites for hydroxylation is 2. The topological polar surface area (TPSA) is 56.1 Å². The van der Waals surface area contributed by atoms with Crippen LogP contribution >= 0.6 is 0 Å². The summed E-state index contributed by atoms with van der Waals surface area (Å²) in [6.07, 6.45) is 0. The number of nitrogens with one attached hydrogen (secondary N) is 1. The van der Waals surface area contributed by atoms with Crippen molar-refractivity contribution in [1.82, 2.24) is 9.55 Å². The van der Waals surface area contributed by atoms with E-state index < -0.39 is 0 Å². The van der Waals surface area contributed by atoms with E-state index in [1.807, 2.05) is 36.7 Å². The molecule has 1 amide bonds. The molecular formula is C17H17N3O2. The van der Waals surface area contributed by atoms with Crippen LogP contribution in [0.3, 0.4) is 0 Å². The molecule has 0 saturated carbocycles. The number of benzene rings is 2. The van der Waals surface area contributed by atoms with Gasteiger partial charge in [-0.2, -0.15) is 0 Å². The Kier molecular flexibility index (Phi) is 3.55. The Bertz CT molecular complexity index is 852. The van der Waals surface area contributed by atoms with Crippen LogP contribution < -0.4 is 10.1 Å². The lowest BCUT2D eigenvalue weighted by Crippen LogP contribution is -2.11.